The van der Waals surface area contributed by atoms with Crippen LogP contribution in [0.1, 0.15) is 38.7 Å². The number of aryl methyl sites for hydroxylation is 1. The summed E-state index contributed by atoms with van der Waals surface area (Å²) >= 11 is 0. The number of nitriles is 1. The number of carbonyl (C=O) groups is 3. The van der Waals surface area contributed by atoms with E-state index in [1.807, 2.05) is 36.4 Å². The quantitative estimate of drug-likeness (QED) is 0.478. The number of hydrogen-bond donors (Lipinski definition) is 0. The Labute approximate surface area is 147 Å². The van der Waals surface area contributed by atoms with Crippen LogP contribution in [0.25, 0.3) is 0 Å². The first-order valence-corrected chi connectivity index (χ1v) is 8.27. The van der Waals surface area contributed by atoms with Gasteiger partial charge in [0.05, 0.1) is 25.7 Å². The molecule has 0 saturated carbocycles. The SMILES string of the molecule is CCOC(=O)C(CC#N)(CC(=O)CCc1ccccc1)C(=O)OCC. The lowest BCUT2D eigenvalue weighted by atomic mass is 9.79. The van der Waals surface area contributed by atoms with Crippen molar-refractivity contribution in [3.05, 3.63) is 35.9 Å². The van der Waals surface area contributed by atoms with Crippen molar-refractivity contribution < 1.29 is 23.9 Å². The highest BCUT2D eigenvalue weighted by Gasteiger charge is 2.50. The van der Waals surface area contributed by atoms with Crippen LogP contribution in [0.15, 0.2) is 30.3 Å². The Morgan fingerprint density at radius 1 is 1.04 bits per heavy atom. The van der Waals surface area contributed by atoms with Crippen LogP contribution in [0.3, 0.4) is 0 Å². The second kappa shape index (κ2) is 10.2. The molecule has 0 N–H and O–H groups in total. The van der Waals surface area contributed by atoms with Crippen LogP contribution in [-0.4, -0.2) is 30.9 Å². The number of ketones is 1. The first-order chi connectivity index (χ1) is 12.0. The molecule has 0 unspecified atom stereocenters. The molecule has 0 aliphatic carbocycles. The van der Waals surface area contributed by atoms with E-state index in [2.05, 4.69) is 0 Å². The molecule has 0 amide bonds. The van der Waals surface area contributed by atoms with Gasteiger partial charge >= 0.3 is 11.9 Å². The third-order valence-electron chi connectivity index (χ3n) is 3.75. The van der Waals surface area contributed by atoms with Gasteiger partial charge in [0.2, 0.25) is 0 Å². The average molecular weight is 345 g/mol. The lowest BCUT2D eigenvalue weighted by Gasteiger charge is -2.26. The maximum absolute atomic E-state index is 12.4. The average Bonchev–Trinajstić information content (AvgIpc) is 2.60. The minimum Gasteiger partial charge on any atom is -0.465 e. The number of ether oxygens (including phenoxy) is 2. The maximum atomic E-state index is 12.4. The summed E-state index contributed by atoms with van der Waals surface area (Å²) in [6.07, 6.45) is -0.198. The number of hydrogen-bond acceptors (Lipinski definition) is 6. The molecule has 25 heavy (non-hydrogen) atoms. The Hall–Kier alpha value is -2.68. The van der Waals surface area contributed by atoms with Crippen LogP contribution in [0.5, 0.6) is 0 Å². The van der Waals surface area contributed by atoms with Crippen molar-refractivity contribution in [1.29, 1.82) is 5.26 Å². The predicted molar refractivity (Wildman–Crippen MR) is 90.3 cm³/mol. The summed E-state index contributed by atoms with van der Waals surface area (Å²) in [5.74, 6) is -2.06. The molecule has 0 bridgehead atoms. The minimum atomic E-state index is -1.89. The monoisotopic (exact) mass is 345 g/mol. The molecule has 0 atom stereocenters. The van der Waals surface area contributed by atoms with E-state index in [1.54, 1.807) is 13.8 Å². The zero-order valence-electron chi connectivity index (χ0n) is 14.6. The van der Waals surface area contributed by atoms with Gasteiger partial charge < -0.3 is 9.47 Å². The highest BCUT2D eigenvalue weighted by Crippen LogP contribution is 2.31. The Morgan fingerprint density at radius 3 is 2.08 bits per heavy atom. The minimum absolute atomic E-state index is 0.0453. The fourth-order valence-electron chi connectivity index (χ4n) is 2.46. The largest absolute Gasteiger partial charge is 0.465 e. The third kappa shape index (κ3) is 5.71. The van der Waals surface area contributed by atoms with E-state index in [9.17, 15) is 14.4 Å². The van der Waals surface area contributed by atoms with Gasteiger partial charge in [-0.2, -0.15) is 5.26 Å². The van der Waals surface area contributed by atoms with Crippen LogP contribution in [-0.2, 0) is 30.3 Å². The van der Waals surface area contributed by atoms with E-state index in [4.69, 9.17) is 14.7 Å². The van der Waals surface area contributed by atoms with Crippen LogP contribution in [0.2, 0.25) is 0 Å². The number of esters is 2. The highest BCUT2D eigenvalue weighted by molar-refractivity contribution is 6.04. The summed E-state index contributed by atoms with van der Waals surface area (Å²) in [7, 11) is 0. The molecule has 1 aromatic carbocycles. The van der Waals surface area contributed by atoms with Crippen molar-refractivity contribution in [2.24, 2.45) is 5.41 Å². The van der Waals surface area contributed by atoms with Crippen LogP contribution < -0.4 is 0 Å². The van der Waals surface area contributed by atoms with Gasteiger partial charge in [0.1, 0.15) is 5.78 Å². The third-order valence-corrected chi connectivity index (χ3v) is 3.75. The second-order valence-corrected chi connectivity index (χ2v) is 5.56. The normalized spacial score (nSPS) is 10.6. The fourth-order valence-corrected chi connectivity index (χ4v) is 2.46. The number of carbonyl (C=O) groups excluding carboxylic acids is 3. The van der Waals surface area contributed by atoms with Crippen molar-refractivity contribution >= 4 is 17.7 Å². The predicted octanol–water partition coefficient (Wildman–Crippen LogP) is 2.60. The Morgan fingerprint density at radius 2 is 1.60 bits per heavy atom. The van der Waals surface area contributed by atoms with Crippen molar-refractivity contribution in [2.45, 2.75) is 39.5 Å². The molecule has 1 aromatic rings. The smallest absolute Gasteiger partial charge is 0.325 e. The molecule has 1 rings (SSSR count). The molecule has 0 radical (unpaired) electrons. The maximum Gasteiger partial charge on any atom is 0.325 e. The number of benzene rings is 1. The molecule has 6 nitrogen and oxygen atoms in total. The summed E-state index contributed by atoms with van der Waals surface area (Å²) < 4.78 is 9.90. The van der Waals surface area contributed by atoms with Gasteiger partial charge in [0.25, 0.3) is 0 Å². The van der Waals surface area contributed by atoms with Crippen LogP contribution in [0.4, 0.5) is 0 Å². The fraction of sp³-hybridized carbons (Fsp3) is 0.474. The molecule has 0 fully saturated rings. The van der Waals surface area contributed by atoms with Crippen molar-refractivity contribution in [2.75, 3.05) is 13.2 Å². The van der Waals surface area contributed by atoms with Crippen molar-refractivity contribution in [3.8, 4) is 6.07 Å². The molecule has 6 heteroatoms. The summed E-state index contributed by atoms with van der Waals surface area (Å²) in [5.41, 5.74) is -0.914. The Balaban J connectivity index is 2.93. The molecular weight excluding hydrogens is 322 g/mol. The van der Waals surface area contributed by atoms with E-state index < -0.39 is 30.2 Å². The first-order valence-electron chi connectivity index (χ1n) is 8.27. The summed E-state index contributed by atoms with van der Waals surface area (Å²) in [6.45, 7) is 3.28. The molecule has 0 aliphatic rings. The van der Waals surface area contributed by atoms with E-state index in [0.29, 0.717) is 6.42 Å². The topological polar surface area (TPSA) is 93.5 Å². The zero-order valence-corrected chi connectivity index (χ0v) is 14.6. The molecular formula is C19H23NO5. The second-order valence-electron chi connectivity index (χ2n) is 5.56. The number of rotatable bonds is 10. The lowest BCUT2D eigenvalue weighted by molar-refractivity contribution is -0.173. The summed E-state index contributed by atoms with van der Waals surface area (Å²) in [4.78, 5) is 37.1. The Bertz CT molecular complexity index is 615. The number of nitrogens with zero attached hydrogens (tertiary/aromatic N) is 1. The highest BCUT2D eigenvalue weighted by atomic mass is 16.6. The van der Waals surface area contributed by atoms with E-state index in [1.165, 1.54) is 0 Å². The van der Waals surface area contributed by atoms with Gasteiger partial charge in [-0.1, -0.05) is 30.3 Å². The van der Waals surface area contributed by atoms with Gasteiger partial charge in [-0.3, -0.25) is 14.4 Å². The molecule has 0 aliphatic heterocycles. The van der Waals surface area contributed by atoms with Gasteiger partial charge in [0.15, 0.2) is 5.41 Å². The number of Topliss-reactive ketones (excluding diaryl/α,β-unsaturated/α-hetero) is 1. The van der Waals surface area contributed by atoms with Gasteiger partial charge in [-0.05, 0) is 25.8 Å². The molecule has 0 heterocycles. The Kier molecular flexibility index (Phi) is 8.34. The summed E-state index contributed by atoms with van der Waals surface area (Å²) in [5, 5.41) is 9.08. The summed E-state index contributed by atoms with van der Waals surface area (Å²) in [6, 6.07) is 11.2. The lowest BCUT2D eigenvalue weighted by Crippen LogP contribution is -2.43. The van der Waals surface area contributed by atoms with Crippen LogP contribution in [0, 0.1) is 16.7 Å². The standard InChI is InChI=1S/C19H23NO5/c1-3-24-17(22)19(12-13-20,18(23)25-4-2)14-16(21)11-10-15-8-6-5-7-9-15/h5-9H,3-4,10-12,14H2,1-2H3. The molecule has 0 aromatic heterocycles. The first kappa shape index (κ1) is 20.4. The van der Waals surface area contributed by atoms with E-state index in [-0.39, 0.29) is 25.4 Å². The van der Waals surface area contributed by atoms with E-state index in [0.717, 1.165) is 5.56 Å². The van der Waals surface area contributed by atoms with Gasteiger partial charge in [-0.25, -0.2) is 0 Å². The van der Waals surface area contributed by atoms with Gasteiger partial charge in [-0.15, -0.1) is 0 Å². The van der Waals surface area contributed by atoms with Gasteiger partial charge in [0, 0.05) is 12.8 Å². The van der Waals surface area contributed by atoms with E-state index >= 15 is 0 Å². The molecule has 134 valence electrons. The van der Waals surface area contributed by atoms with Crippen molar-refractivity contribution in [3.63, 3.8) is 0 Å². The van der Waals surface area contributed by atoms with Crippen molar-refractivity contribution in [1.82, 2.24) is 0 Å². The van der Waals surface area contributed by atoms with Crippen LogP contribution >= 0.6 is 0 Å². The zero-order chi connectivity index (χ0) is 18.7. The molecule has 0 saturated heterocycles. The molecule has 0 spiro atoms.